The van der Waals surface area contributed by atoms with E-state index in [2.05, 4.69) is 0 Å². The summed E-state index contributed by atoms with van der Waals surface area (Å²) in [6, 6.07) is 4.49. The normalized spacial score (nSPS) is 17.2. The number of hydrogen-bond acceptors (Lipinski definition) is 8. The average Bonchev–Trinajstić information content (AvgIpc) is 2.79. The van der Waals surface area contributed by atoms with Crippen LogP contribution in [0, 0.1) is 16.7 Å². The Morgan fingerprint density at radius 3 is 1.95 bits per heavy atom. The lowest BCUT2D eigenvalue weighted by molar-refractivity contribution is -0.158. The van der Waals surface area contributed by atoms with Crippen LogP contribution in [0.2, 0.25) is 0 Å². The lowest BCUT2D eigenvalue weighted by Gasteiger charge is -2.29. The SMILES string of the molecule is C[C@@H](CC(N)(Cc1ccc(OC(=O)C(C)(C)C)c(OC(=O)C(C)(C)C)c1)C(=O)O)OC(=O)C1CCCCC1. The van der Waals surface area contributed by atoms with Crippen molar-refractivity contribution >= 4 is 23.9 Å². The first-order chi connectivity index (χ1) is 17.4. The van der Waals surface area contributed by atoms with Gasteiger partial charge in [0.25, 0.3) is 0 Å². The molecule has 2 atom stereocenters. The van der Waals surface area contributed by atoms with E-state index >= 15 is 0 Å². The molecule has 1 fully saturated rings. The average molecular weight is 534 g/mol. The zero-order valence-corrected chi connectivity index (χ0v) is 23.7. The molecule has 1 aliphatic carbocycles. The van der Waals surface area contributed by atoms with Gasteiger partial charge < -0.3 is 25.1 Å². The maximum atomic E-state index is 12.6. The van der Waals surface area contributed by atoms with Gasteiger partial charge in [-0.05, 0) is 79.0 Å². The number of benzene rings is 1. The van der Waals surface area contributed by atoms with Crippen molar-refractivity contribution in [3.63, 3.8) is 0 Å². The van der Waals surface area contributed by atoms with Crippen LogP contribution >= 0.6 is 0 Å². The molecule has 1 aromatic carbocycles. The Bertz CT molecular complexity index is 1030. The van der Waals surface area contributed by atoms with Crippen LogP contribution in [0.1, 0.15) is 92.6 Å². The maximum absolute atomic E-state index is 12.6. The van der Waals surface area contributed by atoms with Gasteiger partial charge in [-0.15, -0.1) is 0 Å². The molecule has 1 aromatic rings. The Kier molecular flexibility index (Phi) is 10.1. The van der Waals surface area contributed by atoms with E-state index in [-0.39, 0.29) is 36.2 Å². The van der Waals surface area contributed by atoms with Crippen LogP contribution in [-0.2, 0) is 30.3 Å². The summed E-state index contributed by atoms with van der Waals surface area (Å²) in [6.07, 6.45) is 3.66. The molecule has 9 nitrogen and oxygen atoms in total. The fraction of sp³-hybridized carbons (Fsp3) is 0.655. The van der Waals surface area contributed by atoms with Crippen molar-refractivity contribution < 1.29 is 38.5 Å². The predicted molar refractivity (Wildman–Crippen MR) is 142 cm³/mol. The predicted octanol–water partition coefficient (Wildman–Crippen LogP) is 4.82. The minimum atomic E-state index is -1.76. The van der Waals surface area contributed by atoms with Gasteiger partial charge >= 0.3 is 23.9 Å². The Balaban J connectivity index is 2.27. The molecule has 3 N–H and O–H groups in total. The molecule has 38 heavy (non-hydrogen) atoms. The maximum Gasteiger partial charge on any atom is 0.324 e. The number of hydrogen-bond donors (Lipinski definition) is 2. The first-order valence-corrected chi connectivity index (χ1v) is 13.2. The highest BCUT2D eigenvalue weighted by molar-refractivity contribution is 5.82. The third kappa shape index (κ3) is 8.82. The fourth-order valence-electron chi connectivity index (χ4n) is 4.12. The summed E-state index contributed by atoms with van der Waals surface area (Å²) in [6.45, 7) is 11.8. The van der Waals surface area contributed by atoms with Crippen LogP contribution in [-0.4, -0.2) is 40.6 Å². The van der Waals surface area contributed by atoms with Gasteiger partial charge in [-0.3, -0.25) is 19.2 Å². The van der Waals surface area contributed by atoms with E-state index in [9.17, 15) is 24.3 Å². The fourth-order valence-corrected chi connectivity index (χ4v) is 4.12. The molecular weight excluding hydrogens is 490 g/mol. The Hall–Kier alpha value is -2.94. The minimum absolute atomic E-state index is 0.00969. The summed E-state index contributed by atoms with van der Waals surface area (Å²) < 4.78 is 16.6. The number of carbonyl (C=O) groups is 4. The van der Waals surface area contributed by atoms with Crippen LogP contribution in [0.3, 0.4) is 0 Å². The van der Waals surface area contributed by atoms with Crippen molar-refractivity contribution in [1.82, 2.24) is 0 Å². The number of carboxylic acids is 1. The zero-order valence-electron chi connectivity index (χ0n) is 23.7. The number of esters is 3. The van der Waals surface area contributed by atoms with E-state index in [1.165, 1.54) is 12.1 Å². The van der Waals surface area contributed by atoms with E-state index in [0.717, 1.165) is 32.1 Å². The molecule has 1 saturated carbocycles. The van der Waals surface area contributed by atoms with Crippen molar-refractivity contribution in [2.75, 3.05) is 0 Å². The summed E-state index contributed by atoms with van der Waals surface area (Å²) in [5.74, 6) is -2.77. The quantitative estimate of drug-likeness (QED) is 0.337. The zero-order chi connectivity index (χ0) is 28.9. The number of carbonyl (C=O) groups excluding carboxylic acids is 3. The Morgan fingerprint density at radius 1 is 0.921 bits per heavy atom. The van der Waals surface area contributed by atoms with Crippen molar-refractivity contribution in [2.45, 2.75) is 105 Å². The molecule has 1 aliphatic rings. The molecule has 2 rings (SSSR count). The molecule has 1 unspecified atom stereocenters. The van der Waals surface area contributed by atoms with Gasteiger partial charge in [0.05, 0.1) is 16.7 Å². The smallest absolute Gasteiger partial charge is 0.324 e. The number of ether oxygens (including phenoxy) is 3. The summed E-state index contributed by atoms with van der Waals surface area (Å²) in [4.78, 5) is 49.9. The van der Waals surface area contributed by atoms with E-state index in [0.29, 0.717) is 5.56 Å². The number of rotatable bonds is 9. The van der Waals surface area contributed by atoms with Gasteiger partial charge in [0.1, 0.15) is 11.6 Å². The molecule has 212 valence electrons. The molecule has 0 heterocycles. The molecule has 0 amide bonds. The Morgan fingerprint density at radius 2 is 1.45 bits per heavy atom. The van der Waals surface area contributed by atoms with E-state index in [4.69, 9.17) is 19.9 Å². The molecule has 0 spiro atoms. The Labute approximate surface area is 225 Å². The highest BCUT2D eigenvalue weighted by Crippen LogP contribution is 2.34. The summed E-state index contributed by atoms with van der Waals surface area (Å²) in [5, 5.41) is 9.99. The van der Waals surface area contributed by atoms with Gasteiger partial charge in [-0.1, -0.05) is 25.3 Å². The summed E-state index contributed by atoms with van der Waals surface area (Å²) >= 11 is 0. The number of nitrogens with two attached hydrogens (primary N) is 1. The van der Waals surface area contributed by atoms with Crippen LogP contribution < -0.4 is 15.2 Å². The third-order valence-corrected chi connectivity index (χ3v) is 6.49. The van der Waals surface area contributed by atoms with Crippen LogP contribution in [0.5, 0.6) is 11.5 Å². The van der Waals surface area contributed by atoms with Gasteiger partial charge in [-0.25, -0.2) is 0 Å². The second-order valence-electron chi connectivity index (χ2n) is 12.5. The van der Waals surface area contributed by atoms with Crippen molar-refractivity contribution in [3.05, 3.63) is 23.8 Å². The molecule has 0 saturated heterocycles. The van der Waals surface area contributed by atoms with Gasteiger partial charge in [0.2, 0.25) is 0 Å². The lowest BCUT2D eigenvalue weighted by atomic mass is 9.86. The molecule has 0 aromatic heterocycles. The first kappa shape index (κ1) is 31.3. The minimum Gasteiger partial charge on any atom is -0.480 e. The summed E-state index contributed by atoms with van der Waals surface area (Å²) in [5.41, 5.74) is 3.39. The topological polar surface area (TPSA) is 142 Å². The standard InChI is InChI=1S/C29H43NO8/c1-18(36-23(31)20-11-9-8-10-12-20)16-29(30,24(32)33)17-19-13-14-21(37-25(34)27(2,3)4)22(15-19)38-26(35)28(5,6)7/h13-15,18,20H,8-12,16-17,30H2,1-7H3,(H,32,33)/t18-,29?/m0/s1. The largest absolute Gasteiger partial charge is 0.480 e. The third-order valence-electron chi connectivity index (χ3n) is 6.49. The molecule has 0 bridgehead atoms. The monoisotopic (exact) mass is 533 g/mol. The van der Waals surface area contributed by atoms with Crippen molar-refractivity contribution in [1.29, 1.82) is 0 Å². The van der Waals surface area contributed by atoms with Gasteiger partial charge in [0, 0.05) is 12.8 Å². The van der Waals surface area contributed by atoms with Crippen LogP contribution in [0.4, 0.5) is 0 Å². The van der Waals surface area contributed by atoms with Gasteiger partial charge in [0.15, 0.2) is 11.5 Å². The van der Waals surface area contributed by atoms with E-state index in [1.54, 1.807) is 54.5 Å². The highest BCUT2D eigenvalue weighted by Gasteiger charge is 2.38. The molecule has 0 radical (unpaired) electrons. The lowest BCUT2D eigenvalue weighted by Crippen LogP contribution is -2.52. The number of carboxylic acid groups (broad SMARTS) is 1. The first-order valence-electron chi connectivity index (χ1n) is 13.2. The van der Waals surface area contributed by atoms with Crippen molar-refractivity contribution in [2.24, 2.45) is 22.5 Å². The molecule has 9 heteroatoms. The number of aliphatic carboxylic acids is 1. The van der Waals surface area contributed by atoms with Crippen LogP contribution in [0.25, 0.3) is 0 Å². The van der Waals surface area contributed by atoms with Gasteiger partial charge in [-0.2, -0.15) is 0 Å². The molecular formula is C29H43NO8. The second-order valence-corrected chi connectivity index (χ2v) is 12.5. The second kappa shape index (κ2) is 12.3. The van der Waals surface area contributed by atoms with E-state index in [1.807, 2.05) is 0 Å². The molecule has 0 aliphatic heterocycles. The summed E-state index contributed by atoms with van der Waals surface area (Å²) in [7, 11) is 0. The highest BCUT2D eigenvalue weighted by atomic mass is 16.6. The van der Waals surface area contributed by atoms with Crippen molar-refractivity contribution in [3.8, 4) is 11.5 Å². The van der Waals surface area contributed by atoms with E-state index < -0.39 is 40.4 Å². The van der Waals surface area contributed by atoms with Crippen LogP contribution in [0.15, 0.2) is 18.2 Å².